The summed E-state index contributed by atoms with van der Waals surface area (Å²) in [6, 6.07) is 4.85. The molecule has 6 heteroatoms. The van der Waals surface area contributed by atoms with Crippen LogP contribution in [0.2, 0.25) is 0 Å². The van der Waals surface area contributed by atoms with Crippen LogP contribution in [0.3, 0.4) is 0 Å². The SMILES string of the molecule is CN(C)C1(CNc2ccc(S(C)(=O)=O)cc2N)CCC1. The molecular weight excluding hydrogens is 274 g/mol. The number of nitrogens with two attached hydrogens (primary N) is 1. The van der Waals surface area contributed by atoms with Gasteiger partial charge in [0.15, 0.2) is 9.84 Å². The third-order valence-corrected chi connectivity index (χ3v) is 5.40. The highest BCUT2D eigenvalue weighted by atomic mass is 32.2. The predicted molar refractivity (Wildman–Crippen MR) is 82.7 cm³/mol. The Hall–Kier alpha value is -1.27. The van der Waals surface area contributed by atoms with Gasteiger partial charge in [-0.1, -0.05) is 0 Å². The smallest absolute Gasteiger partial charge is 0.175 e. The highest BCUT2D eigenvalue weighted by molar-refractivity contribution is 7.90. The number of benzene rings is 1. The minimum atomic E-state index is -3.21. The molecule has 0 amide bonds. The van der Waals surface area contributed by atoms with Crippen LogP contribution >= 0.6 is 0 Å². The third kappa shape index (κ3) is 2.91. The molecule has 3 N–H and O–H groups in total. The van der Waals surface area contributed by atoms with Gasteiger partial charge in [0.25, 0.3) is 0 Å². The number of sulfone groups is 1. The van der Waals surface area contributed by atoms with Gasteiger partial charge in [0.1, 0.15) is 0 Å². The van der Waals surface area contributed by atoms with Crippen molar-refractivity contribution in [2.24, 2.45) is 0 Å². The predicted octanol–water partition coefficient (Wildman–Crippen LogP) is 1.57. The average molecular weight is 297 g/mol. The molecular formula is C14H23N3O2S. The number of hydrogen-bond acceptors (Lipinski definition) is 5. The molecule has 0 radical (unpaired) electrons. The molecule has 5 nitrogen and oxygen atoms in total. The highest BCUT2D eigenvalue weighted by Gasteiger charge is 2.38. The van der Waals surface area contributed by atoms with Crippen molar-refractivity contribution in [3.63, 3.8) is 0 Å². The van der Waals surface area contributed by atoms with Crippen molar-refractivity contribution >= 4 is 21.2 Å². The van der Waals surface area contributed by atoms with Gasteiger partial charge in [-0.25, -0.2) is 8.42 Å². The molecule has 1 aromatic rings. The molecule has 112 valence electrons. The van der Waals surface area contributed by atoms with E-state index in [0.717, 1.165) is 12.2 Å². The molecule has 0 aliphatic heterocycles. The van der Waals surface area contributed by atoms with Gasteiger partial charge in [-0.05, 0) is 51.6 Å². The van der Waals surface area contributed by atoms with Gasteiger partial charge in [-0.2, -0.15) is 0 Å². The van der Waals surface area contributed by atoms with E-state index >= 15 is 0 Å². The maximum Gasteiger partial charge on any atom is 0.175 e. The summed E-state index contributed by atoms with van der Waals surface area (Å²) in [5.74, 6) is 0. The van der Waals surface area contributed by atoms with Crippen molar-refractivity contribution in [2.45, 2.75) is 29.7 Å². The molecule has 0 aromatic heterocycles. The summed E-state index contributed by atoms with van der Waals surface area (Å²) in [6.45, 7) is 0.822. The number of anilines is 2. The number of nitrogen functional groups attached to an aromatic ring is 1. The lowest BCUT2D eigenvalue weighted by Crippen LogP contribution is -2.54. The Morgan fingerprint density at radius 3 is 2.40 bits per heavy atom. The second-order valence-electron chi connectivity index (χ2n) is 5.85. The lowest BCUT2D eigenvalue weighted by atomic mass is 9.75. The van der Waals surface area contributed by atoms with Crippen molar-refractivity contribution in [3.8, 4) is 0 Å². The molecule has 1 aromatic carbocycles. The van der Waals surface area contributed by atoms with E-state index in [9.17, 15) is 8.42 Å². The molecule has 1 fully saturated rings. The van der Waals surface area contributed by atoms with Crippen LogP contribution < -0.4 is 11.1 Å². The van der Waals surface area contributed by atoms with Crippen LogP contribution in [0.25, 0.3) is 0 Å². The van der Waals surface area contributed by atoms with Crippen molar-refractivity contribution in [2.75, 3.05) is 37.9 Å². The number of rotatable bonds is 5. The molecule has 0 saturated heterocycles. The quantitative estimate of drug-likeness (QED) is 0.807. The lowest BCUT2D eigenvalue weighted by Gasteiger charge is -2.47. The van der Waals surface area contributed by atoms with Crippen molar-refractivity contribution < 1.29 is 8.42 Å². The van der Waals surface area contributed by atoms with Gasteiger partial charge >= 0.3 is 0 Å². The summed E-state index contributed by atoms with van der Waals surface area (Å²) in [4.78, 5) is 2.51. The standard InChI is InChI=1S/C14H23N3O2S/c1-17(2)14(7-4-8-14)10-16-13-6-5-11(9-12(13)15)20(3,18)19/h5-6,9,16H,4,7-8,10,15H2,1-3H3. The summed E-state index contributed by atoms with van der Waals surface area (Å²) in [5, 5.41) is 3.35. The molecule has 0 heterocycles. The monoisotopic (exact) mass is 297 g/mol. The van der Waals surface area contributed by atoms with Crippen LogP contribution in [-0.2, 0) is 9.84 Å². The fraction of sp³-hybridized carbons (Fsp3) is 0.571. The zero-order chi connectivity index (χ0) is 15.0. The number of likely N-dealkylation sites (N-methyl/N-ethyl adjacent to an activating group) is 1. The Bertz CT molecular complexity index is 592. The first-order valence-corrected chi connectivity index (χ1v) is 8.65. The van der Waals surface area contributed by atoms with E-state index in [4.69, 9.17) is 5.73 Å². The van der Waals surface area contributed by atoms with Gasteiger partial charge in [-0.15, -0.1) is 0 Å². The first-order chi connectivity index (χ1) is 9.24. The van der Waals surface area contributed by atoms with E-state index < -0.39 is 9.84 Å². The van der Waals surface area contributed by atoms with Gasteiger partial charge < -0.3 is 16.0 Å². The van der Waals surface area contributed by atoms with Gasteiger partial charge in [0.05, 0.1) is 16.3 Å². The fourth-order valence-electron chi connectivity index (χ4n) is 2.56. The first kappa shape index (κ1) is 15.1. The van der Waals surface area contributed by atoms with Crippen molar-refractivity contribution in [1.82, 2.24) is 4.90 Å². The van der Waals surface area contributed by atoms with Crippen LogP contribution in [0, 0.1) is 0 Å². The van der Waals surface area contributed by atoms with E-state index in [1.165, 1.54) is 31.6 Å². The van der Waals surface area contributed by atoms with Gasteiger partial charge in [0, 0.05) is 18.3 Å². The zero-order valence-electron chi connectivity index (χ0n) is 12.3. The summed E-state index contributed by atoms with van der Waals surface area (Å²) >= 11 is 0. The maximum atomic E-state index is 11.5. The Labute approximate surface area is 121 Å². The number of nitrogens with zero attached hydrogens (tertiary/aromatic N) is 1. The van der Waals surface area contributed by atoms with E-state index in [2.05, 4.69) is 24.3 Å². The second-order valence-corrected chi connectivity index (χ2v) is 7.86. The Morgan fingerprint density at radius 2 is 2.00 bits per heavy atom. The Kier molecular flexibility index (Phi) is 3.97. The molecule has 0 unspecified atom stereocenters. The van der Waals surface area contributed by atoms with E-state index in [0.29, 0.717) is 5.69 Å². The summed E-state index contributed by atoms with van der Waals surface area (Å²) in [7, 11) is 0.980. The van der Waals surface area contributed by atoms with Gasteiger partial charge in [-0.3, -0.25) is 0 Å². The molecule has 1 aliphatic rings. The van der Waals surface area contributed by atoms with Crippen LogP contribution in [0.1, 0.15) is 19.3 Å². The molecule has 0 spiro atoms. The molecule has 2 rings (SSSR count). The normalized spacial score (nSPS) is 17.8. The van der Waals surface area contributed by atoms with Crippen molar-refractivity contribution in [3.05, 3.63) is 18.2 Å². The summed E-state index contributed by atoms with van der Waals surface area (Å²) in [5.41, 5.74) is 7.41. The highest BCUT2D eigenvalue weighted by Crippen LogP contribution is 2.36. The maximum absolute atomic E-state index is 11.5. The summed E-state index contributed by atoms with van der Waals surface area (Å²) < 4.78 is 23.0. The molecule has 1 aliphatic carbocycles. The molecule has 0 bridgehead atoms. The van der Waals surface area contributed by atoms with E-state index in [1.807, 2.05) is 0 Å². The molecule has 1 saturated carbocycles. The fourth-order valence-corrected chi connectivity index (χ4v) is 3.22. The van der Waals surface area contributed by atoms with Crippen molar-refractivity contribution in [1.29, 1.82) is 0 Å². The lowest BCUT2D eigenvalue weighted by molar-refractivity contribution is 0.0739. The van der Waals surface area contributed by atoms with Crippen LogP contribution in [0.5, 0.6) is 0 Å². The zero-order valence-corrected chi connectivity index (χ0v) is 13.1. The van der Waals surface area contributed by atoms with E-state index in [1.54, 1.807) is 12.1 Å². The van der Waals surface area contributed by atoms with E-state index in [-0.39, 0.29) is 10.4 Å². The Balaban J connectivity index is 2.11. The minimum Gasteiger partial charge on any atom is -0.397 e. The molecule has 0 atom stereocenters. The third-order valence-electron chi connectivity index (χ3n) is 4.29. The Morgan fingerprint density at radius 1 is 1.35 bits per heavy atom. The summed E-state index contributed by atoms with van der Waals surface area (Å²) in [6.07, 6.45) is 4.79. The van der Waals surface area contributed by atoms with Crippen LogP contribution in [0.15, 0.2) is 23.1 Å². The minimum absolute atomic E-state index is 0.196. The van der Waals surface area contributed by atoms with Crippen LogP contribution in [-0.4, -0.2) is 45.8 Å². The van der Waals surface area contributed by atoms with Gasteiger partial charge in [0.2, 0.25) is 0 Å². The number of hydrogen-bond donors (Lipinski definition) is 2. The number of nitrogens with one attached hydrogen (secondary N) is 1. The largest absolute Gasteiger partial charge is 0.397 e. The second kappa shape index (κ2) is 5.26. The average Bonchev–Trinajstić information content (AvgIpc) is 2.27. The first-order valence-electron chi connectivity index (χ1n) is 6.75. The molecule has 20 heavy (non-hydrogen) atoms. The topological polar surface area (TPSA) is 75.4 Å². The van der Waals surface area contributed by atoms with Crippen LogP contribution in [0.4, 0.5) is 11.4 Å².